The zero-order valence-electron chi connectivity index (χ0n) is 17.5. The average Bonchev–Trinajstić information content (AvgIpc) is 3.03. The van der Waals surface area contributed by atoms with Crippen LogP contribution >= 0.6 is 0 Å². The van der Waals surface area contributed by atoms with Crippen LogP contribution in [-0.4, -0.2) is 87.8 Å². The van der Waals surface area contributed by atoms with E-state index in [-0.39, 0.29) is 13.0 Å². The van der Waals surface area contributed by atoms with Gasteiger partial charge in [-0.25, -0.2) is 9.18 Å². The first kappa shape index (κ1) is 22.6. The Morgan fingerprint density at radius 3 is 2.20 bits per heavy atom. The third-order valence-corrected chi connectivity index (χ3v) is 5.85. The predicted octanol–water partition coefficient (Wildman–Crippen LogP) is 2.49. The molecule has 3 rings (SSSR count). The number of rotatable bonds is 1. The van der Waals surface area contributed by atoms with E-state index in [1.165, 1.54) is 16.7 Å². The van der Waals surface area contributed by atoms with E-state index in [0.717, 1.165) is 0 Å². The summed E-state index contributed by atoms with van der Waals surface area (Å²) in [7, 11) is 0. The van der Waals surface area contributed by atoms with Gasteiger partial charge >= 0.3 is 18.2 Å². The van der Waals surface area contributed by atoms with Crippen LogP contribution in [0.5, 0.6) is 0 Å². The van der Waals surface area contributed by atoms with E-state index < -0.39 is 60.0 Å². The number of carbonyl (C=O) groups is 3. The molecule has 11 heteroatoms. The van der Waals surface area contributed by atoms with Crippen LogP contribution in [0.1, 0.15) is 47.0 Å². The molecule has 7 nitrogen and oxygen atoms in total. The summed E-state index contributed by atoms with van der Waals surface area (Å²) < 4.78 is 58.5. The number of carbonyl (C=O) groups excluding carboxylic acids is 3. The van der Waals surface area contributed by atoms with Crippen LogP contribution in [0.4, 0.5) is 22.4 Å². The molecule has 0 bridgehead atoms. The Morgan fingerprint density at radius 1 is 1.10 bits per heavy atom. The second kappa shape index (κ2) is 7.26. The third-order valence-electron chi connectivity index (χ3n) is 5.85. The van der Waals surface area contributed by atoms with Crippen molar-refractivity contribution in [1.82, 2.24) is 14.7 Å². The molecule has 0 aromatic rings. The van der Waals surface area contributed by atoms with Gasteiger partial charge in [-0.15, -0.1) is 0 Å². The largest absolute Gasteiger partial charge is 0.471 e. The molecular weight excluding hydrogens is 410 g/mol. The van der Waals surface area contributed by atoms with E-state index in [4.69, 9.17) is 4.74 Å². The molecule has 3 amide bonds. The van der Waals surface area contributed by atoms with Crippen molar-refractivity contribution >= 4 is 17.9 Å². The van der Waals surface area contributed by atoms with Crippen LogP contribution in [0, 0.1) is 0 Å². The molecule has 2 aliphatic heterocycles. The minimum Gasteiger partial charge on any atom is -0.444 e. The molecule has 1 spiro atoms. The molecule has 2 saturated heterocycles. The molecular formula is C19H27F4N3O4. The molecule has 170 valence electrons. The second-order valence-electron chi connectivity index (χ2n) is 9.34. The fourth-order valence-electron chi connectivity index (χ4n) is 4.26. The van der Waals surface area contributed by atoms with Crippen molar-refractivity contribution in [2.75, 3.05) is 19.6 Å². The fourth-order valence-corrected chi connectivity index (χ4v) is 4.26. The number of ether oxygens (including phenoxy) is 1. The standard InChI is InChI=1S/C19H27F4N3O4/c1-11-9-26(15(28)19(21,22)23)18(8-13(18)20)10-25(11)14(27)12-6-5-7-24(12)16(29)30-17(2,3)4/h11-13H,5-10H2,1-4H3/t11-,12?,13?,18?/m1/s1. The summed E-state index contributed by atoms with van der Waals surface area (Å²) in [6, 6.07) is -1.57. The molecule has 3 fully saturated rings. The SMILES string of the molecule is C[C@@H]1CN(C(=O)C(F)(F)F)C2(CC2F)CN1C(=O)C1CCCN1C(=O)OC(C)(C)C. The van der Waals surface area contributed by atoms with Gasteiger partial charge in [0.1, 0.15) is 17.8 Å². The van der Waals surface area contributed by atoms with Gasteiger partial charge in [0.05, 0.1) is 5.54 Å². The van der Waals surface area contributed by atoms with E-state index in [1.807, 2.05) is 0 Å². The summed E-state index contributed by atoms with van der Waals surface area (Å²) in [6.07, 6.45) is -6.66. The highest BCUT2D eigenvalue weighted by Crippen LogP contribution is 2.49. The highest BCUT2D eigenvalue weighted by atomic mass is 19.4. The molecule has 4 atom stereocenters. The summed E-state index contributed by atoms with van der Waals surface area (Å²) in [6.45, 7) is 6.21. The Labute approximate surface area is 172 Å². The van der Waals surface area contributed by atoms with E-state index in [1.54, 1.807) is 20.8 Å². The molecule has 0 aromatic heterocycles. The lowest BCUT2D eigenvalue weighted by molar-refractivity contribution is -0.194. The van der Waals surface area contributed by atoms with E-state index in [9.17, 15) is 31.9 Å². The van der Waals surface area contributed by atoms with Crippen LogP contribution in [-0.2, 0) is 14.3 Å². The fraction of sp³-hybridized carbons (Fsp3) is 0.842. The Bertz CT molecular complexity index is 738. The lowest BCUT2D eigenvalue weighted by atomic mass is 10.0. The zero-order chi connectivity index (χ0) is 22.6. The highest BCUT2D eigenvalue weighted by molar-refractivity contribution is 5.88. The average molecular weight is 437 g/mol. The predicted molar refractivity (Wildman–Crippen MR) is 97.1 cm³/mol. The number of alkyl halides is 4. The van der Waals surface area contributed by atoms with E-state index in [2.05, 4.69) is 0 Å². The Balaban J connectivity index is 1.77. The molecule has 1 saturated carbocycles. The molecule has 0 radical (unpaired) electrons. The van der Waals surface area contributed by atoms with Crippen molar-refractivity contribution in [3.8, 4) is 0 Å². The Hall–Kier alpha value is -2.07. The summed E-state index contributed by atoms with van der Waals surface area (Å²) in [5.74, 6) is -2.54. The summed E-state index contributed by atoms with van der Waals surface area (Å²) in [4.78, 5) is 40.7. The minimum absolute atomic E-state index is 0.244. The number of amides is 3. The van der Waals surface area contributed by atoms with Gasteiger partial charge in [-0.2, -0.15) is 13.2 Å². The lowest BCUT2D eigenvalue weighted by Crippen LogP contribution is -2.66. The van der Waals surface area contributed by atoms with Crippen LogP contribution in [0.2, 0.25) is 0 Å². The van der Waals surface area contributed by atoms with Crippen molar-refractivity contribution in [2.24, 2.45) is 0 Å². The minimum atomic E-state index is -5.11. The summed E-state index contributed by atoms with van der Waals surface area (Å²) in [5.41, 5.74) is -2.40. The topological polar surface area (TPSA) is 70.2 Å². The van der Waals surface area contributed by atoms with Crippen molar-refractivity contribution < 1.29 is 36.7 Å². The summed E-state index contributed by atoms with van der Waals surface area (Å²) in [5, 5.41) is 0. The lowest BCUT2D eigenvalue weighted by Gasteiger charge is -2.47. The molecule has 3 aliphatic rings. The van der Waals surface area contributed by atoms with Crippen LogP contribution in [0.3, 0.4) is 0 Å². The van der Waals surface area contributed by atoms with Gasteiger partial charge < -0.3 is 14.5 Å². The third kappa shape index (κ3) is 4.07. The molecule has 30 heavy (non-hydrogen) atoms. The van der Waals surface area contributed by atoms with Gasteiger partial charge in [-0.1, -0.05) is 0 Å². The number of hydrogen-bond donors (Lipinski definition) is 0. The van der Waals surface area contributed by atoms with Crippen molar-refractivity contribution in [3.63, 3.8) is 0 Å². The molecule has 1 aliphatic carbocycles. The quantitative estimate of drug-likeness (QED) is 0.591. The van der Waals surface area contributed by atoms with Gasteiger partial charge in [0.15, 0.2) is 0 Å². The second-order valence-corrected chi connectivity index (χ2v) is 9.34. The molecule has 2 heterocycles. The van der Waals surface area contributed by atoms with Gasteiger partial charge in [-0.05, 0) is 40.5 Å². The number of hydrogen-bond acceptors (Lipinski definition) is 4. The molecule has 0 aromatic carbocycles. The first-order valence-electron chi connectivity index (χ1n) is 10.0. The van der Waals surface area contributed by atoms with Gasteiger partial charge in [0.25, 0.3) is 0 Å². The van der Waals surface area contributed by atoms with Crippen molar-refractivity contribution in [3.05, 3.63) is 0 Å². The monoisotopic (exact) mass is 437 g/mol. The maximum atomic E-state index is 14.2. The maximum absolute atomic E-state index is 14.2. The van der Waals surface area contributed by atoms with Gasteiger partial charge in [0.2, 0.25) is 5.91 Å². The number of likely N-dealkylation sites (tertiary alicyclic amines) is 1. The number of halogens is 4. The van der Waals surface area contributed by atoms with E-state index >= 15 is 0 Å². The number of nitrogens with zero attached hydrogens (tertiary/aromatic N) is 3. The van der Waals surface area contributed by atoms with Gasteiger partial charge in [0, 0.05) is 32.1 Å². The van der Waals surface area contributed by atoms with Gasteiger partial charge in [-0.3, -0.25) is 14.5 Å². The summed E-state index contributed by atoms with van der Waals surface area (Å²) >= 11 is 0. The van der Waals surface area contributed by atoms with Crippen LogP contribution < -0.4 is 0 Å². The van der Waals surface area contributed by atoms with Crippen molar-refractivity contribution in [1.29, 1.82) is 0 Å². The Morgan fingerprint density at radius 2 is 1.70 bits per heavy atom. The normalized spacial score (nSPS) is 31.9. The Kier molecular flexibility index (Phi) is 5.47. The molecule has 0 N–H and O–H groups in total. The molecule has 3 unspecified atom stereocenters. The van der Waals surface area contributed by atoms with Crippen LogP contribution in [0.25, 0.3) is 0 Å². The maximum Gasteiger partial charge on any atom is 0.471 e. The number of piperazine rings is 1. The highest BCUT2D eigenvalue weighted by Gasteiger charge is 2.67. The van der Waals surface area contributed by atoms with Crippen molar-refractivity contribution in [2.45, 2.75) is 82.5 Å². The first-order valence-corrected chi connectivity index (χ1v) is 10.0. The zero-order valence-corrected chi connectivity index (χ0v) is 17.5. The van der Waals surface area contributed by atoms with E-state index in [0.29, 0.717) is 24.3 Å². The van der Waals surface area contributed by atoms with Crippen LogP contribution in [0.15, 0.2) is 0 Å². The smallest absolute Gasteiger partial charge is 0.444 e. The first-order chi connectivity index (χ1) is 13.7.